The van der Waals surface area contributed by atoms with Crippen molar-refractivity contribution in [1.82, 2.24) is 0 Å². The molecule has 6 rings (SSSR count). The van der Waals surface area contributed by atoms with Crippen LogP contribution in [-0.2, 0) is 14.7 Å². The van der Waals surface area contributed by atoms with Gasteiger partial charge in [-0.25, -0.2) is 0 Å². The molecule has 0 atom stereocenters. The molecule has 180 valence electrons. The second kappa shape index (κ2) is 7.93. The van der Waals surface area contributed by atoms with Crippen molar-refractivity contribution in [2.45, 2.75) is 58.2 Å². The monoisotopic (exact) mass is 472 g/mol. The fraction of sp³-hybridized carbons (Fsp3) is 0.273. The van der Waals surface area contributed by atoms with Gasteiger partial charge in [0.2, 0.25) is 0 Å². The van der Waals surface area contributed by atoms with Gasteiger partial charge in [0.05, 0.1) is 11.2 Å². The lowest BCUT2D eigenvalue weighted by Crippen LogP contribution is -2.41. The van der Waals surface area contributed by atoms with Crippen LogP contribution in [0.3, 0.4) is 0 Å². The Hall–Kier alpha value is -3.14. The van der Waals surface area contributed by atoms with Crippen molar-refractivity contribution in [1.29, 1.82) is 0 Å². The maximum atomic E-state index is 6.44. The van der Waals surface area contributed by atoms with Crippen molar-refractivity contribution in [2.24, 2.45) is 0 Å². The summed E-state index contributed by atoms with van der Waals surface area (Å²) in [4.78, 5) is 0. The summed E-state index contributed by atoms with van der Waals surface area (Å²) in [5.41, 5.74) is 10.6. The van der Waals surface area contributed by atoms with E-state index in [0.717, 1.165) is 11.0 Å². The molecule has 0 radical (unpaired) electrons. The number of rotatable bonds is 3. The van der Waals surface area contributed by atoms with Crippen LogP contribution >= 0.6 is 0 Å². The molecule has 36 heavy (non-hydrogen) atoms. The van der Waals surface area contributed by atoms with E-state index in [9.17, 15) is 0 Å². The van der Waals surface area contributed by atoms with Crippen LogP contribution in [0.1, 0.15) is 52.7 Å². The molecule has 4 aromatic rings. The van der Waals surface area contributed by atoms with Crippen LogP contribution in [0.5, 0.6) is 0 Å². The van der Waals surface area contributed by atoms with Gasteiger partial charge in [-0.2, -0.15) is 0 Å². The second-order valence-corrected chi connectivity index (χ2v) is 11.7. The first-order chi connectivity index (χ1) is 17.1. The number of fused-ring (bicyclic) bond motifs is 3. The minimum atomic E-state index is -0.394. The highest BCUT2D eigenvalue weighted by Gasteiger charge is 2.52. The van der Waals surface area contributed by atoms with Crippen molar-refractivity contribution in [3.05, 3.63) is 102 Å². The summed E-state index contributed by atoms with van der Waals surface area (Å²) < 4.78 is 12.9. The Bertz CT molecular complexity index is 1450. The van der Waals surface area contributed by atoms with E-state index in [1.165, 1.54) is 38.9 Å². The van der Waals surface area contributed by atoms with Gasteiger partial charge >= 0.3 is 7.12 Å². The molecular formula is C33H33BO2. The normalized spacial score (nSPS) is 18.7. The molecule has 2 aliphatic rings. The Balaban J connectivity index is 1.48. The molecule has 1 heterocycles. The van der Waals surface area contributed by atoms with E-state index in [2.05, 4.69) is 133 Å². The van der Waals surface area contributed by atoms with E-state index in [-0.39, 0.29) is 16.6 Å². The minimum absolute atomic E-state index is 0.0925. The van der Waals surface area contributed by atoms with Crippen molar-refractivity contribution < 1.29 is 9.31 Å². The molecule has 3 heteroatoms. The zero-order chi connectivity index (χ0) is 25.3. The van der Waals surface area contributed by atoms with Crippen LogP contribution in [-0.4, -0.2) is 18.3 Å². The summed E-state index contributed by atoms with van der Waals surface area (Å²) in [6.07, 6.45) is 0. The highest BCUT2D eigenvalue weighted by molar-refractivity contribution is 6.63. The molecule has 0 amide bonds. The Morgan fingerprint density at radius 1 is 0.528 bits per heavy atom. The van der Waals surface area contributed by atoms with E-state index in [0.29, 0.717) is 0 Å². The Labute approximate surface area is 215 Å². The Kier molecular flexibility index (Phi) is 5.13. The van der Waals surface area contributed by atoms with Gasteiger partial charge in [-0.3, -0.25) is 0 Å². The summed E-state index contributed by atoms with van der Waals surface area (Å²) >= 11 is 0. The van der Waals surface area contributed by atoms with Gasteiger partial charge in [0.25, 0.3) is 0 Å². The first kappa shape index (κ1) is 23.3. The van der Waals surface area contributed by atoms with Gasteiger partial charge in [-0.1, -0.05) is 98.8 Å². The average molecular weight is 472 g/mol. The fourth-order valence-electron chi connectivity index (χ4n) is 5.75. The van der Waals surface area contributed by atoms with Crippen LogP contribution in [0.4, 0.5) is 0 Å². The smallest absolute Gasteiger partial charge is 0.399 e. The number of hydrogen-bond donors (Lipinski definition) is 0. The highest BCUT2D eigenvalue weighted by Crippen LogP contribution is 2.52. The summed E-state index contributed by atoms with van der Waals surface area (Å²) in [6.45, 7) is 13.1. The third-order valence-electron chi connectivity index (χ3n) is 8.56. The second-order valence-electron chi connectivity index (χ2n) is 11.7. The molecule has 0 N–H and O–H groups in total. The lowest BCUT2D eigenvalue weighted by molar-refractivity contribution is 0.00578. The van der Waals surface area contributed by atoms with E-state index in [1.807, 2.05) is 0 Å². The van der Waals surface area contributed by atoms with Gasteiger partial charge in [0, 0.05) is 5.41 Å². The average Bonchev–Trinajstić information content (AvgIpc) is 3.24. The molecule has 0 aromatic heterocycles. The van der Waals surface area contributed by atoms with E-state index >= 15 is 0 Å². The van der Waals surface area contributed by atoms with Gasteiger partial charge in [0.1, 0.15) is 0 Å². The predicted octanol–water partition coefficient (Wildman–Crippen LogP) is 7.63. The topological polar surface area (TPSA) is 18.5 Å². The number of hydrogen-bond acceptors (Lipinski definition) is 2. The van der Waals surface area contributed by atoms with E-state index in [1.54, 1.807) is 0 Å². The molecular weight excluding hydrogens is 439 g/mol. The Morgan fingerprint density at radius 3 is 1.89 bits per heavy atom. The zero-order valence-electron chi connectivity index (χ0n) is 22.1. The van der Waals surface area contributed by atoms with Gasteiger partial charge in [0.15, 0.2) is 0 Å². The molecule has 4 aromatic carbocycles. The molecule has 0 saturated carbocycles. The van der Waals surface area contributed by atoms with Crippen molar-refractivity contribution in [3.8, 4) is 33.4 Å². The molecule has 1 aliphatic carbocycles. The van der Waals surface area contributed by atoms with Gasteiger partial charge < -0.3 is 9.31 Å². The summed E-state index contributed by atoms with van der Waals surface area (Å²) in [6, 6.07) is 32.9. The van der Waals surface area contributed by atoms with Crippen molar-refractivity contribution >= 4 is 12.6 Å². The van der Waals surface area contributed by atoms with Crippen LogP contribution in [0.25, 0.3) is 33.4 Å². The Morgan fingerprint density at radius 2 is 1.17 bits per heavy atom. The molecule has 0 spiro atoms. The lowest BCUT2D eigenvalue weighted by atomic mass is 9.73. The summed E-state index contributed by atoms with van der Waals surface area (Å²) in [5, 5.41) is 0. The molecule has 0 unspecified atom stereocenters. The summed E-state index contributed by atoms with van der Waals surface area (Å²) in [7, 11) is -0.394. The lowest BCUT2D eigenvalue weighted by Gasteiger charge is -2.32. The van der Waals surface area contributed by atoms with Gasteiger partial charge in [-0.15, -0.1) is 0 Å². The fourth-order valence-corrected chi connectivity index (χ4v) is 5.75. The van der Waals surface area contributed by atoms with Crippen LogP contribution in [0, 0.1) is 0 Å². The SMILES string of the molecule is CC1(C)c2cc(-c3ccccc3B3OC(C)(C)C(C)(C)O3)ccc2-c2c(-c3ccccc3)cccc21. The van der Waals surface area contributed by atoms with Crippen LogP contribution in [0.15, 0.2) is 91.0 Å². The highest BCUT2D eigenvalue weighted by atomic mass is 16.7. The van der Waals surface area contributed by atoms with E-state index < -0.39 is 7.12 Å². The number of benzene rings is 4. The summed E-state index contributed by atoms with van der Waals surface area (Å²) in [5.74, 6) is 0. The zero-order valence-corrected chi connectivity index (χ0v) is 22.1. The first-order valence-electron chi connectivity index (χ1n) is 12.9. The predicted molar refractivity (Wildman–Crippen MR) is 151 cm³/mol. The largest absolute Gasteiger partial charge is 0.495 e. The van der Waals surface area contributed by atoms with Crippen LogP contribution < -0.4 is 5.46 Å². The quantitative estimate of drug-likeness (QED) is 0.286. The maximum Gasteiger partial charge on any atom is 0.495 e. The van der Waals surface area contributed by atoms with Gasteiger partial charge in [-0.05, 0) is 83.7 Å². The third-order valence-corrected chi connectivity index (χ3v) is 8.56. The standard InChI is InChI=1S/C33H33BO2/c1-31(2)27-17-12-16-25(22-13-8-7-9-14-22)30(27)26-20-19-23(21-28(26)31)24-15-10-11-18-29(24)34-35-32(3,4)33(5,6)36-34/h7-21H,1-6H3. The molecule has 0 bridgehead atoms. The molecule has 1 aliphatic heterocycles. The van der Waals surface area contributed by atoms with E-state index in [4.69, 9.17) is 9.31 Å². The molecule has 2 nitrogen and oxygen atoms in total. The maximum absolute atomic E-state index is 6.44. The molecule has 1 saturated heterocycles. The minimum Gasteiger partial charge on any atom is -0.399 e. The first-order valence-corrected chi connectivity index (χ1v) is 12.9. The van der Waals surface area contributed by atoms with Crippen molar-refractivity contribution in [3.63, 3.8) is 0 Å². The molecule has 1 fully saturated rings. The van der Waals surface area contributed by atoms with Crippen LogP contribution in [0.2, 0.25) is 0 Å². The van der Waals surface area contributed by atoms with Crippen molar-refractivity contribution in [2.75, 3.05) is 0 Å². The third kappa shape index (κ3) is 3.41.